The lowest BCUT2D eigenvalue weighted by molar-refractivity contribution is -0.139. The third kappa shape index (κ3) is 4.17. The highest BCUT2D eigenvalue weighted by Gasteiger charge is 2.37. The molecule has 2 rings (SSSR count). The number of ether oxygens (including phenoxy) is 1. The molecular weight excluding hydrogens is 236 g/mol. The zero-order valence-electron chi connectivity index (χ0n) is 13.5. The standard InChI is InChI=1S/C16H32N2O/c1-13(2)18-8-6-7-14(10-18)9-16(5)17-11-15(3,4)12-19-16/h13-14,17H,6-12H2,1-5H3. The quantitative estimate of drug-likeness (QED) is 0.852. The van der Waals surface area contributed by atoms with Gasteiger partial charge in [0.25, 0.3) is 0 Å². The van der Waals surface area contributed by atoms with Gasteiger partial charge in [-0.25, -0.2) is 0 Å². The molecule has 0 amide bonds. The van der Waals surface area contributed by atoms with E-state index in [2.05, 4.69) is 44.8 Å². The van der Waals surface area contributed by atoms with Crippen molar-refractivity contribution in [1.82, 2.24) is 10.2 Å². The van der Waals surface area contributed by atoms with Crippen LogP contribution in [0.4, 0.5) is 0 Å². The van der Waals surface area contributed by atoms with Crippen LogP contribution in [0.15, 0.2) is 0 Å². The Morgan fingerprint density at radius 1 is 1.32 bits per heavy atom. The fourth-order valence-corrected chi connectivity index (χ4v) is 3.30. The lowest BCUT2D eigenvalue weighted by atomic mass is 9.86. The maximum atomic E-state index is 6.15. The molecule has 3 heteroatoms. The van der Waals surface area contributed by atoms with Gasteiger partial charge in [0.05, 0.1) is 6.61 Å². The summed E-state index contributed by atoms with van der Waals surface area (Å²) in [4.78, 5) is 2.62. The van der Waals surface area contributed by atoms with E-state index in [1.165, 1.54) is 25.9 Å². The average molecular weight is 268 g/mol. The van der Waals surface area contributed by atoms with Gasteiger partial charge in [0.2, 0.25) is 0 Å². The van der Waals surface area contributed by atoms with E-state index in [1.807, 2.05) is 0 Å². The minimum atomic E-state index is -0.111. The monoisotopic (exact) mass is 268 g/mol. The number of nitrogens with zero attached hydrogens (tertiary/aromatic N) is 1. The van der Waals surface area contributed by atoms with Gasteiger partial charge in [-0.2, -0.15) is 0 Å². The molecule has 2 unspecified atom stereocenters. The summed E-state index contributed by atoms with van der Waals surface area (Å²) in [5.74, 6) is 0.773. The molecule has 0 bridgehead atoms. The largest absolute Gasteiger partial charge is 0.360 e. The summed E-state index contributed by atoms with van der Waals surface area (Å²) in [6.45, 7) is 15.8. The summed E-state index contributed by atoms with van der Waals surface area (Å²) in [6, 6.07) is 0.676. The SMILES string of the molecule is CC(C)N1CCCC(CC2(C)NCC(C)(C)CO2)C1. The number of nitrogens with one attached hydrogen (secondary N) is 1. The van der Waals surface area contributed by atoms with Gasteiger partial charge < -0.3 is 9.64 Å². The first kappa shape index (κ1) is 15.3. The van der Waals surface area contributed by atoms with Crippen molar-refractivity contribution in [2.75, 3.05) is 26.2 Å². The summed E-state index contributed by atoms with van der Waals surface area (Å²) in [5.41, 5.74) is 0.163. The molecule has 0 radical (unpaired) electrons. The van der Waals surface area contributed by atoms with E-state index in [0.29, 0.717) is 6.04 Å². The second kappa shape index (κ2) is 5.71. The molecule has 2 aliphatic rings. The lowest BCUT2D eigenvalue weighted by Crippen LogP contribution is -2.57. The van der Waals surface area contributed by atoms with Crippen LogP contribution < -0.4 is 5.32 Å². The highest BCUT2D eigenvalue weighted by molar-refractivity contribution is 4.88. The van der Waals surface area contributed by atoms with Crippen molar-refractivity contribution in [3.63, 3.8) is 0 Å². The molecule has 0 aromatic rings. The Morgan fingerprint density at radius 3 is 2.63 bits per heavy atom. The molecule has 2 atom stereocenters. The Hall–Kier alpha value is -0.120. The van der Waals surface area contributed by atoms with Crippen LogP contribution in [0.2, 0.25) is 0 Å². The van der Waals surface area contributed by atoms with Crippen molar-refractivity contribution >= 4 is 0 Å². The highest BCUT2D eigenvalue weighted by atomic mass is 16.5. The van der Waals surface area contributed by atoms with Gasteiger partial charge in [0, 0.05) is 24.5 Å². The highest BCUT2D eigenvalue weighted by Crippen LogP contribution is 2.31. The molecule has 0 aromatic heterocycles. The first-order valence-corrected chi connectivity index (χ1v) is 7.93. The van der Waals surface area contributed by atoms with Gasteiger partial charge >= 0.3 is 0 Å². The van der Waals surface area contributed by atoms with Crippen molar-refractivity contribution in [3.05, 3.63) is 0 Å². The second-order valence-corrected chi connectivity index (χ2v) is 7.84. The predicted octanol–water partition coefficient (Wildman–Crippen LogP) is 2.86. The average Bonchev–Trinajstić information content (AvgIpc) is 2.34. The first-order chi connectivity index (χ1) is 8.80. The molecule has 0 aromatic carbocycles. The van der Waals surface area contributed by atoms with E-state index in [9.17, 15) is 0 Å². The minimum absolute atomic E-state index is 0.111. The smallest absolute Gasteiger partial charge is 0.116 e. The van der Waals surface area contributed by atoms with Crippen LogP contribution in [-0.4, -0.2) is 42.9 Å². The summed E-state index contributed by atoms with van der Waals surface area (Å²) in [7, 11) is 0. The summed E-state index contributed by atoms with van der Waals surface area (Å²) in [6.07, 6.45) is 3.84. The Morgan fingerprint density at radius 2 is 2.05 bits per heavy atom. The number of hydrogen-bond donors (Lipinski definition) is 1. The topological polar surface area (TPSA) is 24.5 Å². The molecule has 2 aliphatic heterocycles. The first-order valence-electron chi connectivity index (χ1n) is 7.93. The summed E-state index contributed by atoms with van der Waals surface area (Å²) < 4.78 is 6.15. The van der Waals surface area contributed by atoms with Gasteiger partial charge in [-0.05, 0) is 52.5 Å². The van der Waals surface area contributed by atoms with Crippen molar-refractivity contribution in [1.29, 1.82) is 0 Å². The van der Waals surface area contributed by atoms with Crippen LogP contribution in [0.3, 0.4) is 0 Å². The number of piperidine rings is 1. The van der Waals surface area contributed by atoms with Crippen molar-refractivity contribution in [3.8, 4) is 0 Å². The Bertz CT molecular complexity index is 291. The number of likely N-dealkylation sites (tertiary alicyclic amines) is 1. The molecular formula is C16H32N2O. The Labute approximate surface area is 119 Å². The Kier molecular flexibility index (Phi) is 4.59. The molecule has 19 heavy (non-hydrogen) atoms. The normalized spacial score (nSPS) is 36.6. The molecule has 112 valence electrons. The lowest BCUT2D eigenvalue weighted by Gasteiger charge is -2.45. The van der Waals surface area contributed by atoms with E-state index < -0.39 is 0 Å². The maximum absolute atomic E-state index is 6.15. The van der Waals surface area contributed by atoms with Crippen LogP contribution in [0.1, 0.15) is 53.9 Å². The van der Waals surface area contributed by atoms with Gasteiger partial charge in [-0.3, -0.25) is 5.32 Å². The molecule has 2 heterocycles. The number of rotatable bonds is 3. The molecule has 2 saturated heterocycles. The summed E-state index contributed by atoms with van der Waals surface area (Å²) >= 11 is 0. The maximum Gasteiger partial charge on any atom is 0.116 e. The van der Waals surface area contributed by atoms with E-state index in [0.717, 1.165) is 25.5 Å². The predicted molar refractivity (Wildman–Crippen MR) is 80.2 cm³/mol. The summed E-state index contributed by atoms with van der Waals surface area (Å²) in [5, 5.41) is 3.64. The van der Waals surface area contributed by atoms with E-state index in [4.69, 9.17) is 4.74 Å². The molecule has 0 saturated carbocycles. The second-order valence-electron chi connectivity index (χ2n) is 7.84. The van der Waals surface area contributed by atoms with E-state index in [-0.39, 0.29) is 11.1 Å². The molecule has 0 aliphatic carbocycles. The van der Waals surface area contributed by atoms with Crippen LogP contribution >= 0.6 is 0 Å². The van der Waals surface area contributed by atoms with Crippen LogP contribution in [0.25, 0.3) is 0 Å². The van der Waals surface area contributed by atoms with E-state index in [1.54, 1.807) is 0 Å². The number of hydrogen-bond acceptors (Lipinski definition) is 3. The van der Waals surface area contributed by atoms with E-state index >= 15 is 0 Å². The molecule has 0 spiro atoms. The van der Waals surface area contributed by atoms with Crippen LogP contribution in [-0.2, 0) is 4.74 Å². The third-order valence-electron chi connectivity index (χ3n) is 4.68. The van der Waals surface area contributed by atoms with Gasteiger partial charge in [0.15, 0.2) is 0 Å². The Balaban J connectivity index is 1.86. The fraction of sp³-hybridized carbons (Fsp3) is 1.00. The zero-order valence-corrected chi connectivity index (χ0v) is 13.5. The van der Waals surface area contributed by atoms with Gasteiger partial charge in [-0.1, -0.05) is 13.8 Å². The van der Waals surface area contributed by atoms with Gasteiger partial charge in [0.1, 0.15) is 5.72 Å². The van der Waals surface area contributed by atoms with Crippen LogP contribution in [0.5, 0.6) is 0 Å². The van der Waals surface area contributed by atoms with Crippen molar-refractivity contribution in [2.45, 2.75) is 65.6 Å². The van der Waals surface area contributed by atoms with Crippen molar-refractivity contribution in [2.24, 2.45) is 11.3 Å². The molecule has 3 nitrogen and oxygen atoms in total. The third-order valence-corrected chi connectivity index (χ3v) is 4.68. The fourth-order valence-electron chi connectivity index (χ4n) is 3.30. The molecule has 1 N–H and O–H groups in total. The van der Waals surface area contributed by atoms with Crippen LogP contribution in [0, 0.1) is 11.3 Å². The molecule has 2 fully saturated rings. The van der Waals surface area contributed by atoms with Crippen molar-refractivity contribution < 1.29 is 4.74 Å². The minimum Gasteiger partial charge on any atom is -0.360 e. The zero-order chi connectivity index (χ0) is 14.1. The van der Waals surface area contributed by atoms with Gasteiger partial charge in [-0.15, -0.1) is 0 Å².